The maximum Gasteiger partial charge on any atom is 0.252 e. The highest BCUT2D eigenvalue weighted by atomic mass is 16.5. The average Bonchev–Trinajstić information content (AvgIpc) is 2.95. The topological polar surface area (TPSA) is 41.6 Å². The van der Waals surface area contributed by atoms with E-state index in [-0.39, 0.29) is 18.1 Å². The standard InChI is InChI=1S/C13H24N2O2/c1-3-8-15(11-6-7-14-9-11)13(16)12-5-4-10(2)17-12/h10-12,14H,3-9H2,1-2H3. The third-order valence-corrected chi connectivity index (χ3v) is 3.73. The lowest BCUT2D eigenvalue weighted by molar-refractivity contribution is -0.144. The van der Waals surface area contributed by atoms with E-state index in [1.807, 2.05) is 4.90 Å². The molecule has 0 aromatic carbocycles. The van der Waals surface area contributed by atoms with E-state index in [1.54, 1.807) is 0 Å². The molecule has 4 heteroatoms. The molecule has 2 aliphatic heterocycles. The second-order valence-corrected chi connectivity index (χ2v) is 5.19. The summed E-state index contributed by atoms with van der Waals surface area (Å²) in [6.45, 7) is 7.00. The zero-order chi connectivity index (χ0) is 12.3. The van der Waals surface area contributed by atoms with Crippen LogP contribution in [0.25, 0.3) is 0 Å². The summed E-state index contributed by atoms with van der Waals surface area (Å²) in [5, 5.41) is 3.33. The Balaban J connectivity index is 1.96. The Morgan fingerprint density at radius 3 is 2.76 bits per heavy atom. The van der Waals surface area contributed by atoms with Crippen molar-refractivity contribution < 1.29 is 9.53 Å². The van der Waals surface area contributed by atoms with Gasteiger partial charge in [0.2, 0.25) is 0 Å². The van der Waals surface area contributed by atoms with Gasteiger partial charge >= 0.3 is 0 Å². The number of carbonyl (C=O) groups is 1. The maximum absolute atomic E-state index is 12.4. The number of nitrogens with one attached hydrogen (secondary N) is 1. The van der Waals surface area contributed by atoms with Crippen LogP contribution in [0.15, 0.2) is 0 Å². The number of rotatable bonds is 4. The van der Waals surface area contributed by atoms with Crippen molar-refractivity contribution >= 4 is 5.91 Å². The summed E-state index contributed by atoms with van der Waals surface area (Å²) in [4.78, 5) is 14.5. The molecule has 98 valence electrons. The monoisotopic (exact) mass is 240 g/mol. The summed E-state index contributed by atoms with van der Waals surface area (Å²) >= 11 is 0. The molecule has 0 saturated carbocycles. The van der Waals surface area contributed by atoms with Crippen molar-refractivity contribution in [3.05, 3.63) is 0 Å². The number of hydrogen-bond acceptors (Lipinski definition) is 3. The normalized spacial score (nSPS) is 32.9. The Bertz CT molecular complexity index is 264. The van der Waals surface area contributed by atoms with E-state index >= 15 is 0 Å². The van der Waals surface area contributed by atoms with Gasteiger partial charge in [-0.1, -0.05) is 6.92 Å². The van der Waals surface area contributed by atoms with Crippen molar-refractivity contribution in [3.63, 3.8) is 0 Å². The number of ether oxygens (including phenoxy) is 1. The minimum absolute atomic E-state index is 0.183. The van der Waals surface area contributed by atoms with E-state index in [1.165, 1.54) is 0 Å². The van der Waals surface area contributed by atoms with Gasteiger partial charge in [0.25, 0.3) is 5.91 Å². The largest absolute Gasteiger partial charge is 0.365 e. The Morgan fingerprint density at radius 1 is 1.41 bits per heavy atom. The van der Waals surface area contributed by atoms with Crippen molar-refractivity contribution in [3.8, 4) is 0 Å². The molecule has 0 aliphatic carbocycles. The molecule has 1 amide bonds. The summed E-state index contributed by atoms with van der Waals surface area (Å²) < 4.78 is 5.70. The van der Waals surface area contributed by atoms with Crippen molar-refractivity contribution in [2.24, 2.45) is 0 Å². The van der Waals surface area contributed by atoms with Crippen LogP contribution in [0.2, 0.25) is 0 Å². The van der Waals surface area contributed by atoms with Gasteiger partial charge in [-0.05, 0) is 39.2 Å². The first-order valence-corrected chi connectivity index (χ1v) is 6.89. The fourth-order valence-corrected chi connectivity index (χ4v) is 2.79. The van der Waals surface area contributed by atoms with Gasteiger partial charge in [0.1, 0.15) is 6.10 Å². The molecular weight excluding hydrogens is 216 g/mol. The molecule has 0 radical (unpaired) electrons. The van der Waals surface area contributed by atoms with Gasteiger partial charge in [-0.3, -0.25) is 4.79 Å². The summed E-state index contributed by atoms with van der Waals surface area (Å²) in [6, 6.07) is 0.377. The average molecular weight is 240 g/mol. The smallest absolute Gasteiger partial charge is 0.252 e. The lowest BCUT2D eigenvalue weighted by Crippen LogP contribution is -2.46. The van der Waals surface area contributed by atoms with Crippen LogP contribution in [0.3, 0.4) is 0 Å². The zero-order valence-corrected chi connectivity index (χ0v) is 10.9. The SMILES string of the molecule is CCCN(C(=O)C1CCC(C)O1)C1CCNC1. The molecule has 1 N–H and O–H groups in total. The first-order chi connectivity index (χ1) is 8.22. The first-order valence-electron chi connectivity index (χ1n) is 6.89. The summed E-state index contributed by atoms with van der Waals surface area (Å²) in [5.41, 5.74) is 0. The van der Waals surface area contributed by atoms with Crippen molar-refractivity contribution in [2.75, 3.05) is 19.6 Å². The van der Waals surface area contributed by atoms with E-state index in [0.29, 0.717) is 6.04 Å². The molecule has 17 heavy (non-hydrogen) atoms. The Labute approximate surface area is 104 Å². The van der Waals surface area contributed by atoms with Crippen LogP contribution in [-0.2, 0) is 9.53 Å². The Kier molecular flexibility index (Phi) is 4.40. The van der Waals surface area contributed by atoms with Gasteiger partial charge in [-0.2, -0.15) is 0 Å². The molecule has 2 heterocycles. The molecule has 0 aromatic rings. The van der Waals surface area contributed by atoms with Gasteiger partial charge in [0, 0.05) is 19.1 Å². The van der Waals surface area contributed by atoms with Crippen LogP contribution < -0.4 is 5.32 Å². The molecule has 2 aliphatic rings. The quantitative estimate of drug-likeness (QED) is 0.801. The fraction of sp³-hybridized carbons (Fsp3) is 0.923. The maximum atomic E-state index is 12.4. The van der Waals surface area contributed by atoms with Crippen LogP contribution in [0.4, 0.5) is 0 Å². The minimum atomic E-state index is -0.183. The number of hydrogen-bond donors (Lipinski definition) is 1. The number of amides is 1. The lowest BCUT2D eigenvalue weighted by Gasteiger charge is -2.30. The third kappa shape index (κ3) is 2.99. The molecule has 4 nitrogen and oxygen atoms in total. The highest BCUT2D eigenvalue weighted by Crippen LogP contribution is 2.22. The summed E-state index contributed by atoms with van der Waals surface area (Å²) in [7, 11) is 0. The molecule has 0 spiro atoms. The molecule has 2 fully saturated rings. The van der Waals surface area contributed by atoms with Gasteiger partial charge < -0.3 is 15.0 Å². The van der Waals surface area contributed by atoms with E-state index in [4.69, 9.17) is 4.74 Å². The van der Waals surface area contributed by atoms with E-state index < -0.39 is 0 Å². The lowest BCUT2D eigenvalue weighted by atomic mass is 10.1. The van der Waals surface area contributed by atoms with Crippen LogP contribution in [0.1, 0.15) is 39.5 Å². The third-order valence-electron chi connectivity index (χ3n) is 3.73. The van der Waals surface area contributed by atoms with Crippen molar-refractivity contribution in [1.82, 2.24) is 10.2 Å². The first kappa shape index (κ1) is 12.8. The van der Waals surface area contributed by atoms with E-state index in [0.717, 1.165) is 45.3 Å². The van der Waals surface area contributed by atoms with Gasteiger partial charge in [-0.25, -0.2) is 0 Å². The molecule has 0 aromatic heterocycles. The molecular formula is C13H24N2O2. The van der Waals surface area contributed by atoms with Gasteiger partial charge in [0.15, 0.2) is 0 Å². The van der Waals surface area contributed by atoms with Crippen LogP contribution in [0.5, 0.6) is 0 Å². The minimum Gasteiger partial charge on any atom is -0.365 e. The van der Waals surface area contributed by atoms with E-state index in [2.05, 4.69) is 19.2 Å². The molecule has 2 saturated heterocycles. The molecule has 2 rings (SSSR count). The molecule has 3 unspecified atom stereocenters. The van der Waals surface area contributed by atoms with Crippen molar-refractivity contribution in [1.29, 1.82) is 0 Å². The number of carbonyl (C=O) groups excluding carboxylic acids is 1. The predicted molar refractivity (Wildman–Crippen MR) is 66.8 cm³/mol. The fourth-order valence-electron chi connectivity index (χ4n) is 2.79. The highest BCUT2D eigenvalue weighted by molar-refractivity contribution is 5.81. The zero-order valence-electron chi connectivity index (χ0n) is 10.9. The highest BCUT2D eigenvalue weighted by Gasteiger charge is 2.34. The molecule has 0 bridgehead atoms. The number of nitrogens with zero attached hydrogens (tertiary/aromatic N) is 1. The molecule has 3 atom stereocenters. The van der Waals surface area contributed by atoms with Crippen LogP contribution in [-0.4, -0.2) is 48.7 Å². The van der Waals surface area contributed by atoms with Crippen LogP contribution in [0, 0.1) is 0 Å². The van der Waals surface area contributed by atoms with Gasteiger partial charge in [0.05, 0.1) is 6.10 Å². The summed E-state index contributed by atoms with van der Waals surface area (Å²) in [6.07, 6.45) is 4.06. The Morgan fingerprint density at radius 2 is 2.24 bits per heavy atom. The Hall–Kier alpha value is -0.610. The predicted octanol–water partition coefficient (Wildman–Crippen LogP) is 1.15. The second kappa shape index (κ2) is 5.83. The van der Waals surface area contributed by atoms with Gasteiger partial charge in [-0.15, -0.1) is 0 Å². The second-order valence-electron chi connectivity index (χ2n) is 5.19. The van der Waals surface area contributed by atoms with Crippen molar-refractivity contribution in [2.45, 2.75) is 57.8 Å². The van der Waals surface area contributed by atoms with Crippen LogP contribution >= 0.6 is 0 Å². The van der Waals surface area contributed by atoms with E-state index in [9.17, 15) is 4.79 Å². The summed E-state index contributed by atoms with van der Waals surface area (Å²) in [5.74, 6) is 0.213.